The average molecular weight is 269 g/mol. The fourth-order valence-corrected chi connectivity index (χ4v) is 2.31. The molecule has 1 amide bonds. The number of aromatic nitrogens is 3. The molecule has 1 aliphatic rings. The summed E-state index contributed by atoms with van der Waals surface area (Å²) in [4.78, 5) is 19.4. The molecule has 20 heavy (non-hydrogen) atoms. The van der Waals surface area contributed by atoms with Gasteiger partial charge in [0.2, 0.25) is 0 Å². The Balaban J connectivity index is 1.79. The molecule has 3 rings (SSSR count). The lowest BCUT2D eigenvalue weighted by atomic mass is 10.1. The van der Waals surface area contributed by atoms with E-state index < -0.39 is 0 Å². The number of imidazole rings is 1. The molecule has 2 aromatic heterocycles. The summed E-state index contributed by atoms with van der Waals surface area (Å²) >= 11 is 0. The third-order valence-corrected chi connectivity index (χ3v) is 3.57. The molecule has 1 saturated carbocycles. The fourth-order valence-electron chi connectivity index (χ4n) is 2.31. The van der Waals surface area contributed by atoms with Crippen LogP contribution in [-0.2, 0) is 7.05 Å². The van der Waals surface area contributed by atoms with Crippen LogP contribution in [0.5, 0.6) is 0 Å². The van der Waals surface area contributed by atoms with E-state index in [-0.39, 0.29) is 11.9 Å². The van der Waals surface area contributed by atoms with Crippen LogP contribution in [0.15, 0.2) is 24.7 Å². The summed E-state index contributed by atoms with van der Waals surface area (Å²) in [6.07, 6.45) is 7.35. The lowest BCUT2D eigenvalue weighted by Gasteiger charge is -2.17. The topological polar surface area (TPSA) is 86.5 Å². The molecule has 0 unspecified atom stereocenters. The molecule has 1 atom stereocenters. The zero-order valence-corrected chi connectivity index (χ0v) is 11.1. The predicted molar refractivity (Wildman–Crippen MR) is 71.6 cm³/mol. The van der Waals surface area contributed by atoms with Crippen LogP contribution in [0.25, 0.3) is 0 Å². The number of nitrogens with zero attached hydrogens (tertiary/aromatic N) is 3. The van der Waals surface area contributed by atoms with Gasteiger partial charge in [-0.15, -0.1) is 0 Å². The van der Waals surface area contributed by atoms with Gasteiger partial charge in [0.15, 0.2) is 0 Å². The number of hydrogen-bond donors (Lipinski definition) is 2. The van der Waals surface area contributed by atoms with Crippen LogP contribution in [0.4, 0.5) is 0 Å². The first-order valence-corrected chi connectivity index (χ1v) is 6.55. The van der Waals surface area contributed by atoms with Crippen molar-refractivity contribution >= 4 is 5.91 Å². The number of nitrogens with one attached hydrogen (secondary N) is 2. The van der Waals surface area contributed by atoms with Crippen molar-refractivity contribution in [3.63, 3.8) is 0 Å². The van der Waals surface area contributed by atoms with E-state index in [0.29, 0.717) is 17.2 Å². The number of amides is 1. The number of aryl methyl sites for hydroxylation is 1. The quantitative estimate of drug-likeness (QED) is 0.881. The zero-order chi connectivity index (χ0) is 14.1. The highest BCUT2D eigenvalue weighted by atomic mass is 16.2. The van der Waals surface area contributed by atoms with E-state index in [1.54, 1.807) is 12.3 Å². The molecular formula is C14H15N5O. The van der Waals surface area contributed by atoms with Gasteiger partial charge < -0.3 is 14.9 Å². The fraction of sp³-hybridized carbons (Fsp3) is 0.357. The molecule has 1 aliphatic carbocycles. The van der Waals surface area contributed by atoms with E-state index in [9.17, 15) is 4.79 Å². The minimum Gasteiger partial charge on any atom is -0.356 e. The van der Waals surface area contributed by atoms with Crippen molar-refractivity contribution in [1.82, 2.24) is 19.9 Å². The lowest BCUT2D eigenvalue weighted by Crippen LogP contribution is -2.31. The van der Waals surface area contributed by atoms with Crippen LogP contribution in [0, 0.1) is 17.2 Å². The zero-order valence-electron chi connectivity index (χ0n) is 11.1. The van der Waals surface area contributed by atoms with E-state index in [2.05, 4.69) is 15.3 Å². The SMILES string of the molecule is Cn1ccnc1[C@H](NC(=O)c1cc(C#N)c[nH]1)C1CC1. The molecule has 0 saturated heterocycles. The first-order valence-electron chi connectivity index (χ1n) is 6.55. The van der Waals surface area contributed by atoms with Crippen LogP contribution in [0.3, 0.4) is 0 Å². The summed E-state index contributed by atoms with van der Waals surface area (Å²) in [6.45, 7) is 0. The Morgan fingerprint density at radius 1 is 1.65 bits per heavy atom. The van der Waals surface area contributed by atoms with Crippen LogP contribution >= 0.6 is 0 Å². The number of aromatic amines is 1. The Bertz CT molecular complexity index is 674. The van der Waals surface area contributed by atoms with Crippen molar-refractivity contribution in [2.24, 2.45) is 13.0 Å². The van der Waals surface area contributed by atoms with Gasteiger partial charge in [0.25, 0.3) is 5.91 Å². The molecule has 2 aromatic rings. The molecule has 0 aliphatic heterocycles. The Hall–Kier alpha value is -2.55. The van der Waals surface area contributed by atoms with Gasteiger partial charge in [-0.1, -0.05) is 0 Å². The molecule has 0 radical (unpaired) electrons. The van der Waals surface area contributed by atoms with Crippen LogP contribution in [0.2, 0.25) is 0 Å². The Labute approximate surface area is 116 Å². The summed E-state index contributed by atoms with van der Waals surface area (Å²) in [5.41, 5.74) is 0.858. The van der Waals surface area contributed by atoms with Gasteiger partial charge in [0, 0.05) is 25.6 Å². The maximum absolute atomic E-state index is 12.2. The van der Waals surface area contributed by atoms with Crippen molar-refractivity contribution in [2.45, 2.75) is 18.9 Å². The molecular weight excluding hydrogens is 254 g/mol. The second-order valence-corrected chi connectivity index (χ2v) is 5.10. The molecule has 6 heteroatoms. The molecule has 2 heterocycles. The summed E-state index contributed by atoms with van der Waals surface area (Å²) in [6, 6.07) is 3.48. The van der Waals surface area contributed by atoms with E-state index in [1.807, 2.05) is 23.9 Å². The lowest BCUT2D eigenvalue weighted by molar-refractivity contribution is 0.0924. The van der Waals surface area contributed by atoms with E-state index in [4.69, 9.17) is 5.26 Å². The minimum absolute atomic E-state index is 0.0728. The highest BCUT2D eigenvalue weighted by Gasteiger charge is 2.36. The van der Waals surface area contributed by atoms with Crippen molar-refractivity contribution in [1.29, 1.82) is 5.26 Å². The standard InChI is InChI=1S/C14H15N5O/c1-19-5-4-16-13(19)12(10-2-3-10)18-14(20)11-6-9(7-15)8-17-11/h4-6,8,10,12,17H,2-3H2,1H3,(H,18,20)/t12-/m1/s1. The van der Waals surface area contributed by atoms with Gasteiger partial charge >= 0.3 is 0 Å². The Morgan fingerprint density at radius 3 is 3.00 bits per heavy atom. The first-order chi connectivity index (χ1) is 9.69. The highest BCUT2D eigenvalue weighted by molar-refractivity contribution is 5.93. The van der Waals surface area contributed by atoms with Gasteiger partial charge in [-0.05, 0) is 24.8 Å². The summed E-state index contributed by atoms with van der Waals surface area (Å²) in [5.74, 6) is 1.12. The molecule has 0 bridgehead atoms. The van der Waals surface area contributed by atoms with Crippen LogP contribution < -0.4 is 5.32 Å². The van der Waals surface area contributed by atoms with E-state index in [1.165, 1.54) is 6.20 Å². The van der Waals surface area contributed by atoms with Gasteiger partial charge in [-0.2, -0.15) is 5.26 Å². The van der Waals surface area contributed by atoms with E-state index >= 15 is 0 Å². The summed E-state index contributed by atoms with van der Waals surface area (Å²) < 4.78 is 1.93. The predicted octanol–water partition coefficient (Wildman–Crippen LogP) is 1.50. The van der Waals surface area contributed by atoms with Gasteiger partial charge in [-0.3, -0.25) is 4.79 Å². The van der Waals surface area contributed by atoms with Crippen molar-refractivity contribution in [2.75, 3.05) is 0 Å². The second-order valence-electron chi connectivity index (χ2n) is 5.10. The number of H-pyrrole nitrogens is 1. The Morgan fingerprint density at radius 2 is 2.45 bits per heavy atom. The molecule has 2 N–H and O–H groups in total. The van der Waals surface area contributed by atoms with Crippen LogP contribution in [-0.4, -0.2) is 20.4 Å². The minimum atomic E-state index is -0.202. The maximum atomic E-state index is 12.2. The molecule has 102 valence electrons. The summed E-state index contributed by atoms with van der Waals surface area (Å²) in [5, 5.41) is 11.8. The second kappa shape index (κ2) is 4.85. The van der Waals surface area contributed by atoms with Gasteiger partial charge in [0.05, 0.1) is 11.6 Å². The molecule has 1 fully saturated rings. The van der Waals surface area contributed by atoms with Crippen molar-refractivity contribution in [3.05, 3.63) is 41.7 Å². The highest BCUT2D eigenvalue weighted by Crippen LogP contribution is 2.40. The molecule has 0 spiro atoms. The third-order valence-electron chi connectivity index (χ3n) is 3.57. The number of carbonyl (C=O) groups excluding carboxylic acids is 1. The maximum Gasteiger partial charge on any atom is 0.268 e. The third kappa shape index (κ3) is 2.30. The average Bonchev–Trinajstić information content (AvgIpc) is 3.01. The van der Waals surface area contributed by atoms with Crippen molar-refractivity contribution < 1.29 is 4.79 Å². The van der Waals surface area contributed by atoms with E-state index in [0.717, 1.165) is 18.7 Å². The summed E-state index contributed by atoms with van der Waals surface area (Å²) in [7, 11) is 1.92. The van der Waals surface area contributed by atoms with Gasteiger partial charge in [-0.25, -0.2) is 4.98 Å². The number of rotatable bonds is 4. The monoisotopic (exact) mass is 269 g/mol. The largest absolute Gasteiger partial charge is 0.356 e. The number of carbonyl (C=O) groups is 1. The Kier molecular flexibility index (Phi) is 3.03. The van der Waals surface area contributed by atoms with Crippen molar-refractivity contribution in [3.8, 4) is 6.07 Å². The van der Waals surface area contributed by atoms with Gasteiger partial charge in [0.1, 0.15) is 17.6 Å². The molecule has 0 aromatic carbocycles. The first kappa shape index (κ1) is 12.5. The number of nitriles is 1. The molecule has 6 nitrogen and oxygen atoms in total. The normalized spacial score (nSPS) is 15.6. The number of hydrogen-bond acceptors (Lipinski definition) is 3. The van der Waals surface area contributed by atoms with Crippen LogP contribution in [0.1, 0.15) is 40.8 Å². The smallest absolute Gasteiger partial charge is 0.268 e.